The van der Waals surface area contributed by atoms with Crippen LogP contribution in [0.4, 0.5) is 0 Å². The van der Waals surface area contributed by atoms with Crippen LogP contribution in [0, 0.1) is 0 Å². The van der Waals surface area contributed by atoms with Gasteiger partial charge in [-0.2, -0.15) is 0 Å². The van der Waals surface area contributed by atoms with E-state index in [1.807, 2.05) is 26.0 Å². The second kappa shape index (κ2) is 8.59. The summed E-state index contributed by atoms with van der Waals surface area (Å²) >= 11 is 0. The molecule has 112 valence electrons. The van der Waals surface area contributed by atoms with Crippen molar-refractivity contribution < 1.29 is 9.53 Å². The van der Waals surface area contributed by atoms with E-state index in [0.29, 0.717) is 12.1 Å². The minimum Gasteiger partial charge on any atom is -0.491 e. The molecule has 0 unspecified atom stereocenters. The summed E-state index contributed by atoms with van der Waals surface area (Å²) in [7, 11) is 0. The van der Waals surface area contributed by atoms with Crippen LogP contribution in [-0.4, -0.2) is 43.1 Å². The average Bonchev–Trinajstić information content (AvgIpc) is 2.43. The lowest BCUT2D eigenvalue weighted by Gasteiger charge is -2.18. The van der Waals surface area contributed by atoms with Gasteiger partial charge in [0.1, 0.15) is 5.75 Å². The largest absolute Gasteiger partial charge is 0.491 e. The molecular formula is C16H26N2O2. The van der Waals surface area contributed by atoms with Crippen molar-refractivity contribution >= 4 is 5.91 Å². The Labute approximate surface area is 122 Å². The van der Waals surface area contributed by atoms with Gasteiger partial charge in [-0.25, -0.2) is 0 Å². The molecule has 0 saturated carbocycles. The minimum absolute atomic E-state index is 0.0340. The number of hydrogen-bond acceptors (Lipinski definition) is 3. The van der Waals surface area contributed by atoms with Crippen LogP contribution in [0.25, 0.3) is 0 Å². The number of carbonyl (C=O) groups is 1. The number of hydrogen-bond donors (Lipinski definition) is 1. The van der Waals surface area contributed by atoms with E-state index in [9.17, 15) is 4.79 Å². The summed E-state index contributed by atoms with van der Waals surface area (Å²) in [5.41, 5.74) is 0.667. The molecule has 20 heavy (non-hydrogen) atoms. The Morgan fingerprint density at radius 3 is 2.30 bits per heavy atom. The standard InChI is InChI=1S/C16H26N2O2/c1-5-18(6-2)12-11-17-16(19)14-7-9-15(10-8-14)20-13(3)4/h7-10,13H,5-6,11-12H2,1-4H3,(H,17,19). The maximum atomic E-state index is 12.0. The number of nitrogens with one attached hydrogen (secondary N) is 1. The number of rotatable bonds is 8. The Balaban J connectivity index is 2.43. The first-order chi connectivity index (χ1) is 9.56. The number of ether oxygens (including phenoxy) is 1. The Morgan fingerprint density at radius 2 is 1.80 bits per heavy atom. The van der Waals surface area contributed by atoms with Crippen molar-refractivity contribution in [1.29, 1.82) is 0 Å². The summed E-state index contributed by atoms with van der Waals surface area (Å²) in [5.74, 6) is 0.757. The zero-order valence-electron chi connectivity index (χ0n) is 13.0. The molecule has 1 amide bonds. The van der Waals surface area contributed by atoms with E-state index in [1.165, 1.54) is 0 Å². The number of carbonyl (C=O) groups excluding carboxylic acids is 1. The van der Waals surface area contributed by atoms with E-state index in [4.69, 9.17) is 4.74 Å². The molecule has 0 spiro atoms. The van der Waals surface area contributed by atoms with E-state index in [0.717, 1.165) is 25.4 Å². The molecular weight excluding hydrogens is 252 g/mol. The first-order valence-corrected chi connectivity index (χ1v) is 7.34. The first kappa shape index (κ1) is 16.5. The molecule has 4 nitrogen and oxygen atoms in total. The highest BCUT2D eigenvalue weighted by Crippen LogP contribution is 2.13. The van der Waals surface area contributed by atoms with Gasteiger partial charge in [-0.3, -0.25) is 4.79 Å². The molecule has 1 aromatic carbocycles. The number of likely N-dealkylation sites (N-methyl/N-ethyl adjacent to an activating group) is 1. The van der Waals surface area contributed by atoms with Crippen LogP contribution in [0.15, 0.2) is 24.3 Å². The van der Waals surface area contributed by atoms with Crippen molar-refractivity contribution in [1.82, 2.24) is 10.2 Å². The molecule has 0 heterocycles. The molecule has 1 aromatic rings. The molecule has 0 atom stereocenters. The Bertz CT molecular complexity index is 397. The van der Waals surface area contributed by atoms with Crippen molar-refractivity contribution in [3.63, 3.8) is 0 Å². The predicted molar refractivity (Wildman–Crippen MR) is 82.3 cm³/mol. The topological polar surface area (TPSA) is 41.6 Å². The Hall–Kier alpha value is -1.55. The Morgan fingerprint density at radius 1 is 1.20 bits per heavy atom. The van der Waals surface area contributed by atoms with Crippen LogP contribution < -0.4 is 10.1 Å². The van der Waals surface area contributed by atoms with Gasteiger partial charge in [0.25, 0.3) is 5.91 Å². The summed E-state index contributed by atoms with van der Waals surface area (Å²) < 4.78 is 5.55. The fraction of sp³-hybridized carbons (Fsp3) is 0.562. The van der Waals surface area contributed by atoms with Crippen LogP contribution in [0.1, 0.15) is 38.1 Å². The molecule has 0 bridgehead atoms. The lowest BCUT2D eigenvalue weighted by atomic mass is 10.2. The molecule has 1 rings (SSSR count). The molecule has 0 aliphatic carbocycles. The Kier molecular flexibility index (Phi) is 7.09. The number of benzene rings is 1. The second-order valence-electron chi connectivity index (χ2n) is 4.97. The monoisotopic (exact) mass is 278 g/mol. The van der Waals surface area contributed by atoms with Crippen LogP contribution >= 0.6 is 0 Å². The normalized spacial score (nSPS) is 10.9. The quantitative estimate of drug-likeness (QED) is 0.794. The molecule has 0 radical (unpaired) electrons. The van der Waals surface area contributed by atoms with E-state index in [1.54, 1.807) is 12.1 Å². The third kappa shape index (κ3) is 5.61. The summed E-state index contributed by atoms with van der Waals surface area (Å²) in [5, 5.41) is 2.94. The van der Waals surface area contributed by atoms with Gasteiger partial charge >= 0.3 is 0 Å². The number of amides is 1. The summed E-state index contributed by atoms with van der Waals surface area (Å²) in [6.07, 6.45) is 0.142. The number of nitrogens with zero attached hydrogens (tertiary/aromatic N) is 1. The lowest BCUT2D eigenvalue weighted by Crippen LogP contribution is -2.34. The van der Waals surface area contributed by atoms with Crippen LogP contribution in [0.2, 0.25) is 0 Å². The van der Waals surface area contributed by atoms with Crippen LogP contribution in [-0.2, 0) is 0 Å². The maximum Gasteiger partial charge on any atom is 0.251 e. The smallest absolute Gasteiger partial charge is 0.251 e. The van der Waals surface area contributed by atoms with E-state index in [-0.39, 0.29) is 12.0 Å². The van der Waals surface area contributed by atoms with Crippen LogP contribution in [0.3, 0.4) is 0 Å². The van der Waals surface area contributed by atoms with E-state index in [2.05, 4.69) is 24.1 Å². The van der Waals surface area contributed by atoms with Gasteiger partial charge in [0.2, 0.25) is 0 Å². The third-order valence-corrected chi connectivity index (χ3v) is 3.10. The van der Waals surface area contributed by atoms with Gasteiger partial charge in [-0.05, 0) is 51.2 Å². The van der Waals surface area contributed by atoms with Gasteiger partial charge in [-0.15, -0.1) is 0 Å². The van der Waals surface area contributed by atoms with Crippen molar-refractivity contribution in [3.8, 4) is 5.75 Å². The summed E-state index contributed by atoms with van der Waals surface area (Å²) in [4.78, 5) is 14.2. The highest BCUT2D eigenvalue weighted by atomic mass is 16.5. The first-order valence-electron chi connectivity index (χ1n) is 7.34. The molecule has 0 saturated heterocycles. The van der Waals surface area contributed by atoms with E-state index < -0.39 is 0 Å². The summed E-state index contributed by atoms with van der Waals surface area (Å²) in [6, 6.07) is 7.26. The fourth-order valence-corrected chi connectivity index (χ4v) is 1.93. The van der Waals surface area contributed by atoms with E-state index >= 15 is 0 Å². The maximum absolute atomic E-state index is 12.0. The van der Waals surface area contributed by atoms with Crippen molar-refractivity contribution in [3.05, 3.63) is 29.8 Å². The third-order valence-electron chi connectivity index (χ3n) is 3.10. The molecule has 4 heteroatoms. The highest BCUT2D eigenvalue weighted by Gasteiger charge is 2.06. The van der Waals surface area contributed by atoms with Crippen molar-refractivity contribution in [2.75, 3.05) is 26.2 Å². The van der Waals surface area contributed by atoms with Crippen LogP contribution in [0.5, 0.6) is 5.75 Å². The molecule has 0 aromatic heterocycles. The second-order valence-corrected chi connectivity index (χ2v) is 4.97. The van der Waals surface area contributed by atoms with Gasteiger partial charge in [0, 0.05) is 18.7 Å². The van der Waals surface area contributed by atoms with Gasteiger partial charge in [0.15, 0.2) is 0 Å². The zero-order chi connectivity index (χ0) is 15.0. The SMILES string of the molecule is CCN(CC)CCNC(=O)c1ccc(OC(C)C)cc1. The van der Waals surface area contributed by atoms with Crippen molar-refractivity contribution in [2.24, 2.45) is 0 Å². The molecule has 0 aliphatic heterocycles. The average molecular weight is 278 g/mol. The predicted octanol–water partition coefficient (Wildman–Crippen LogP) is 2.55. The fourth-order valence-electron chi connectivity index (χ4n) is 1.93. The molecule has 0 fully saturated rings. The summed E-state index contributed by atoms with van der Waals surface area (Å²) in [6.45, 7) is 11.8. The van der Waals surface area contributed by atoms with Gasteiger partial charge in [0.05, 0.1) is 6.10 Å². The zero-order valence-corrected chi connectivity index (χ0v) is 13.0. The molecule has 1 N–H and O–H groups in total. The van der Waals surface area contributed by atoms with Gasteiger partial charge in [-0.1, -0.05) is 13.8 Å². The highest BCUT2D eigenvalue weighted by molar-refractivity contribution is 5.94. The van der Waals surface area contributed by atoms with Gasteiger partial charge < -0.3 is 15.0 Å². The van der Waals surface area contributed by atoms with Crippen molar-refractivity contribution in [2.45, 2.75) is 33.8 Å². The minimum atomic E-state index is -0.0340. The lowest BCUT2D eigenvalue weighted by molar-refractivity contribution is 0.0949. The molecule has 0 aliphatic rings.